The smallest absolute Gasteiger partial charge is 0.257 e. The number of carbonyl (C=O) groups is 1. The van der Waals surface area contributed by atoms with Gasteiger partial charge in [0.1, 0.15) is 0 Å². The fraction of sp³-hybridized carbons (Fsp3) is 0.100. The molecule has 0 aliphatic carbocycles. The van der Waals surface area contributed by atoms with Crippen LogP contribution in [0.5, 0.6) is 0 Å². The molecule has 0 atom stereocenters. The van der Waals surface area contributed by atoms with Crippen molar-refractivity contribution in [2.75, 3.05) is 17.2 Å². The Hall–Kier alpha value is -2.56. The third-order valence-electron chi connectivity index (χ3n) is 3.73. The number of hydrogen-bond acceptors (Lipinski definition) is 3. The minimum atomic E-state index is -0.224. The number of rotatable bonds is 6. The summed E-state index contributed by atoms with van der Waals surface area (Å²) in [7, 11) is 0. The van der Waals surface area contributed by atoms with Gasteiger partial charge >= 0.3 is 0 Å². The molecule has 1 heterocycles. The van der Waals surface area contributed by atoms with Crippen LogP contribution >= 0.6 is 23.2 Å². The fourth-order valence-corrected chi connectivity index (χ4v) is 2.78. The number of hydrogen-bond donors (Lipinski definition) is 2. The zero-order valence-corrected chi connectivity index (χ0v) is 15.4. The summed E-state index contributed by atoms with van der Waals surface area (Å²) in [5.41, 5.74) is 3.09. The molecule has 2 N–H and O–H groups in total. The van der Waals surface area contributed by atoms with E-state index in [1.54, 1.807) is 36.5 Å². The van der Waals surface area contributed by atoms with E-state index >= 15 is 0 Å². The summed E-state index contributed by atoms with van der Waals surface area (Å²) in [6.07, 6.45) is 4.05. The van der Waals surface area contributed by atoms with E-state index in [0.29, 0.717) is 22.8 Å². The number of carbonyl (C=O) groups excluding carboxylic acids is 1. The Bertz CT molecular complexity index is 898. The number of anilines is 2. The second-order valence-corrected chi connectivity index (χ2v) is 6.60. The van der Waals surface area contributed by atoms with Crippen LogP contribution in [0.1, 0.15) is 15.9 Å². The topological polar surface area (TPSA) is 54.0 Å². The zero-order valence-electron chi connectivity index (χ0n) is 13.9. The highest BCUT2D eigenvalue weighted by Crippen LogP contribution is 2.16. The molecule has 3 rings (SSSR count). The van der Waals surface area contributed by atoms with E-state index in [1.807, 2.05) is 24.3 Å². The van der Waals surface area contributed by atoms with Gasteiger partial charge in [-0.25, -0.2) is 0 Å². The molecule has 0 fully saturated rings. The summed E-state index contributed by atoms with van der Waals surface area (Å²) in [5.74, 6) is -0.224. The van der Waals surface area contributed by atoms with E-state index in [9.17, 15) is 4.79 Å². The van der Waals surface area contributed by atoms with Crippen molar-refractivity contribution in [3.05, 3.63) is 88.2 Å². The molecule has 0 saturated carbocycles. The number of aromatic nitrogens is 1. The first kappa shape index (κ1) is 18.2. The van der Waals surface area contributed by atoms with Crippen LogP contribution in [0.25, 0.3) is 0 Å². The van der Waals surface area contributed by atoms with Gasteiger partial charge in [0.2, 0.25) is 0 Å². The maximum absolute atomic E-state index is 12.4. The van der Waals surface area contributed by atoms with Crippen molar-refractivity contribution in [2.24, 2.45) is 0 Å². The summed E-state index contributed by atoms with van der Waals surface area (Å²) in [5, 5.41) is 7.44. The van der Waals surface area contributed by atoms with Crippen molar-refractivity contribution in [3.63, 3.8) is 0 Å². The van der Waals surface area contributed by atoms with Crippen molar-refractivity contribution >= 4 is 40.5 Å². The molecule has 0 spiro atoms. The number of amides is 1. The first-order valence-corrected chi connectivity index (χ1v) is 8.86. The molecule has 3 aromatic rings. The van der Waals surface area contributed by atoms with E-state index in [-0.39, 0.29) is 5.91 Å². The lowest BCUT2D eigenvalue weighted by Gasteiger charge is -2.09. The predicted molar refractivity (Wildman–Crippen MR) is 107 cm³/mol. The van der Waals surface area contributed by atoms with Gasteiger partial charge in [-0.3, -0.25) is 9.78 Å². The predicted octanol–water partition coefficient (Wildman–Crippen LogP) is 5.30. The monoisotopic (exact) mass is 385 g/mol. The first-order chi connectivity index (χ1) is 12.6. The zero-order chi connectivity index (χ0) is 18.4. The summed E-state index contributed by atoms with van der Waals surface area (Å²) < 4.78 is 0. The minimum Gasteiger partial charge on any atom is -0.383 e. The molecule has 0 bridgehead atoms. The van der Waals surface area contributed by atoms with Gasteiger partial charge in [-0.05, 0) is 54.4 Å². The van der Waals surface area contributed by atoms with Crippen molar-refractivity contribution in [1.29, 1.82) is 0 Å². The van der Waals surface area contributed by atoms with E-state index in [0.717, 1.165) is 22.7 Å². The third kappa shape index (κ3) is 5.22. The van der Waals surface area contributed by atoms with Gasteiger partial charge in [0.25, 0.3) is 5.91 Å². The van der Waals surface area contributed by atoms with Crippen LogP contribution in [0, 0.1) is 0 Å². The molecule has 1 amide bonds. The fourth-order valence-electron chi connectivity index (χ4n) is 2.44. The molecule has 1 aromatic heterocycles. The van der Waals surface area contributed by atoms with Crippen molar-refractivity contribution < 1.29 is 4.79 Å². The molecule has 0 aliphatic rings. The van der Waals surface area contributed by atoms with Crippen LogP contribution in [0.4, 0.5) is 11.4 Å². The second kappa shape index (κ2) is 8.70. The van der Waals surface area contributed by atoms with Crippen molar-refractivity contribution in [2.45, 2.75) is 6.42 Å². The highest BCUT2D eigenvalue weighted by Gasteiger charge is 2.07. The van der Waals surface area contributed by atoms with E-state index in [1.165, 1.54) is 6.20 Å². The Kier molecular flexibility index (Phi) is 6.10. The normalized spacial score (nSPS) is 10.4. The first-order valence-electron chi connectivity index (χ1n) is 8.10. The van der Waals surface area contributed by atoms with Gasteiger partial charge in [0, 0.05) is 34.7 Å². The Balaban J connectivity index is 1.58. The number of halogens is 2. The van der Waals surface area contributed by atoms with E-state index < -0.39 is 0 Å². The lowest BCUT2D eigenvalue weighted by molar-refractivity contribution is 0.102. The van der Waals surface area contributed by atoms with Gasteiger partial charge in [-0.2, -0.15) is 0 Å². The molecule has 6 heteroatoms. The molecular formula is C20H17Cl2N3O. The highest BCUT2D eigenvalue weighted by molar-refractivity contribution is 6.30. The standard InChI is InChI=1S/C20H17Cl2N3O/c21-16-4-6-18(7-5-16)25-20(26)15-11-19(13-23-12-15)24-9-8-14-2-1-3-17(22)10-14/h1-7,10-13,24H,8-9H2,(H,25,26). The number of benzene rings is 2. The lowest BCUT2D eigenvalue weighted by Crippen LogP contribution is -2.13. The molecule has 132 valence electrons. The molecule has 2 aromatic carbocycles. The number of nitrogens with one attached hydrogen (secondary N) is 2. The Morgan fingerprint density at radius 2 is 1.73 bits per heavy atom. The van der Waals surface area contributed by atoms with Gasteiger partial charge in [0.15, 0.2) is 0 Å². The maximum Gasteiger partial charge on any atom is 0.257 e. The van der Waals surface area contributed by atoms with Crippen LogP contribution in [0.15, 0.2) is 67.0 Å². The quantitative estimate of drug-likeness (QED) is 0.605. The Morgan fingerprint density at radius 1 is 0.923 bits per heavy atom. The van der Waals surface area contributed by atoms with Crippen LogP contribution in [-0.2, 0) is 6.42 Å². The molecule has 0 radical (unpaired) electrons. The molecule has 26 heavy (non-hydrogen) atoms. The molecular weight excluding hydrogens is 369 g/mol. The molecule has 0 unspecified atom stereocenters. The largest absolute Gasteiger partial charge is 0.383 e. The summed E-state index contributed by atoms with van der Waals surface area (Å²) in [6.45, 7) is 0.713. The Morgan fingerprint density at radius 3 is 2.50 bits per heavy atom. The summed E-state index contributed by atoms with van der Waals surface area (Å²) in [4.78, 5) is 16.5. The van der Waals surface area contributed by atoms with Crippen molar-refractivity contribution in [1.82, 2.24) is 4.98 Å². The SMILES string of the molecule is O=C(Nc1ccc(Cl)cc1)c1cncc(NCCc2cccc(Cl)c2)c1. The van der Waals surface area contributed by atoms with Gasteiger partial charge < -0.3 is 10.6 Å². The minimum absolute atomic E-state index is 0.224. The molecule has 0 saturated heterocycles. The average Bonchev–Trinajstić information content (AvgIpc) is 2.64. The molecule has 0 aliphatic heterocycles. The summed E-state index contributed by atoms with van der Waals surface area (Å²) in [6, 6.07) is 16.5. The van der Waals surface area contributed by atoms with Crippen LogP contribution in [-0.4, -0.2) is 17.4 Å². The number of pyridine rings is 1. The lowest BCUT2D eigenvalue weighted by atomic mass is 10.1. The van der Waals surface area contributed by atoms with Gasteiger partial charge in [-0.1, -0.05) is 35.3 Å². The molecule has 4 nitrogen and oxygen atoms in total. The highest BCUT2D eigenvalue weighted by atomic mass is 35.5. The summed E-state index contributed by atoms with van der Waals surface area (Å²) >= 11 is 11.8. The maximum atomic E-state index is 12.4. The van der Waals surface area contributed by atoms with E-state index in [2.05, 4.69) is 15.6 Å². The van der Waals surface area contributed by atoms with Crippen molar-refractivity contribution in [3.8, 4) is 0 Å². The third-order valence-corrected chi connectivity index (χ3v) is 4.22. The van der Waals surface area contributed by atoms with Gasteiger partial charge in [-0.15, -0.1) is 0 Å². The second-order valence-electron chi connectivity index (χ2n) is 5.73. The van der Waals surface area contributed by atoms with Crippen LogP contribution in [0.3, 0.4) is 0 Å². The van der Waals surface area contributed by atoms with Gasteiger partial charge in [0.05, 0.1) is 11.3 Å². The Labute approximate surface area is 162 Å². The average molecular weight is 386 g/mol. The van der Waals surface area contributed by atoms with Crippen LogP contribution in [0.2, 0.25) is 10.0 Å². The van der Waals surface area contributed by atoms with E-state index in [4.69, 9.17) is 23.2 Å². The van der Waals surface area contributed by atoms with Crippen LogP contribution < -0.4 is 10.6 Å². The number of nitrogens with zero attached hydrogens (tertiary/aromatic N) is 1.